The molecule has 102 valence electrons. The van der Waals surface area contributed by atoms with Crippen LogP contribution in [-0.4, -0.2) is 43.0 Å². The second-order valence-corrected chi connectivity index (χ2v) is 4.05. The summed E-state index contributed by atoms with van der Waals surface area (Å²) in [7, 11) is 0. The molecule has 0 aliphatic heterocycles. The van der Waals surface area contributed by atoms with Crippen LogP contribution in [0.1, 0.15) is 6.92 Å². The van der Waals surface area contributed by atoms with Crippen molar-refractivity contribution >= 4 is 11.9 Å². The lowest BCUT2D eigenvalue weighted by Gasteiger charge is -2.11. The van der Waals surface area contributed by atoms with Gasteiger partial charge in [0.25, 0.3) is 5.95 Å². The van der Waals surface area contributed by atoms with Crippen molar-refractivity contribution in [1.82, 2.24) is 24.7 Å². The van der Waals surface area contributed by atoms with Crippen molar-refractivity contribution in [1.29, 1.82) is 0 Å². The molecular weight excluding hydrogens is 248 g/mol. The Bertz CT molecular complexity index is 514. The largest absolute Gasteiger partial charge is 0.396 e. The molecule has 1 atom stereocenters. The molecule has 2 rings (SSSR count). The van der Waals surface area contributed by atoms with E-state index in [-0.39, 0.29) is 18.5 Å². The Morgan fingerprint density at radius 3 is 2.79 bits per heavy atom. The van der Waals surface area contributed by atoms with Crippen LogP contribution in [-0.2, 0) is 0 Å². The van der Waals surface area contributed by atoms with Gasteiger partial charge in [0.1, 0.15) is 0 Å². The van der Waals surface area contributed by atoms with Gasteiger partial charge in [0, 0.05) is 25.5 Å². The first-order valence-corrected chi connectivity index (χ1v) is 5.80. The van der Waals surface area contributed by atoms with Crippen molar-refractivity contribution in [2.75, 3.05) is 23.9 Å². The molecule has 0 fully saturated rings. The number of hydrogen-bond donors (Lipinski definition) is 4. The molecule has 0 aliphatic rings. The zero-order chi connectivity index (χ0) is 13.7. The van der Waals surface area contributed by atoms with Gasteiger partial charge in [-0.2, -0.15) is 20.1 Å². The minimum Gasteiger partial charge on any atom is -0.396 e. The number of anilines is 2. The predicted molar refractivity (Wildman–Crippen MR) is 69.5 cm³/mol. The van der Waals surface area contributed by atoms with E-state index in [0.29, 0.717) is 18.4 Å². The summed E-state index contributed by atoms with van der Waals surface area (Å²) < 4.78 is 1.50. The van der Waals surface area contributed by atoms with Crippen LogP contribution < -0.4 is 16.6 Å². The summed E-state index contributed by atoms with van der Waals surface area (Å²) >= 11 is 0. The average molecular weight is 264 g/mol. The molecular formula is C10H16N8O. The van der Waals surface area contributed by atoms with Crippen LogP contribution in [0.15, 0.2) is 18.5 Å². The van der Waals surface area contributed by atoms with Crippen LogP contribution in [0.2, 0.25) is 0 Å². The zero-order valence-corrected chi connectivity index (χ0v) is 10.5. The summed E-state index contributed by atoms with van der Waals surface area (Å²) in [6.07, 6.45) is 3.34. The first-order valence-electron chi connectivity index (χ1n) is 5.80. The first kappa shape index (κ1) is 13.2. The van der Waals surface area contributed by atoms with Crippen molar-refractivity contribution < 1.29 is 5.11 Å². The highest BCUT2D eigenvalue weighted by Gasteiger charge is 2.08. The number of aliphatic hydroxyl groups is 1. The predicted octanol–water partition coefficient (Wildman–Crippen LogP) is -0.617. The van der Waals surface area contributed by atoms with Gasteiger partial charge in [-0.15, -0.1) is 0 Å². The van der Waals surface area contributed by atoms with Gasteiger partial charge in [-0.3, -0.25) is 5.43 Å². The van der Waals surface area contributed by atoms with E-state index in [1.165, 1.54) is 4.68 Å². The van der Waals surface area contributed by atoms with Gasteiger partial charge in [-0.25, -0.2) is 10.5 Å². The number of nitrogens with two attached hydrogens (primary N) is 1. The minimum atomic E-state index is 0.0894. The Kier molecular flexibility index (Phi) is 4.21. The summed E-state index contributed by atoms with van der Waals surface area (Å²) in [5.74, 6) is 6.38. The van der Waals surface area contributed by atoms with Crippen molar-refractivity contribution in [3.8, 4) is 5.95 Å². The molecule has 0 saturated carbocycles. The molecule has 19 heavy (non-hydrogen) atoms. The monoisotopic (exact) mass is 264 g/mol. The van der Waals surface area contributed by atoms with Gasteiger partial charge in [0.15, 0.2) is 0 Å². The zero-order valence-electron chi connectivity index (χ0n) is 10.5. The van der Waals surface area contributed by atoms with Crippen LogP contribution in [0, 0.1) is 5.92 Å². The topological polar surface area (TPSA) is 127 Å². The summed E-state index contributed by atoms with van der Waals surface area (Å²) in [4.78, 5) is 12.4. The number of nitrogens with one attached hydrogen (secondary N) is 2. The Morgan fingerprint density at radius 1 is 1.37 bits per heavy atom. The van der Waals surface area contributed by atoms with Crippen LogP contribution >= 0.6 is 0 Å². The van der Waals surface area contributed by atoms with Gasteiger partial charge in [-0.1, -0.05) is 6.92 Å². The minimum absolute atomic E-state index is 0.0894. The van der Waals surface area contributed by atoms with Gasteiger partial charge in [-0.05, 0) is 12.0 Å². The third-order valence-corrected chi connectivity index (χ3v) is 2.38. The number of aromatic nitrogens is 5. The van der Waals surface area contributed by atoms with Gasteiger partial charge in [0.2, 0.25) is 11.9 Å². The molecule has 0 spiro atoms. The SMILES string of the molecule is CC(CO)CNc1nc(NN)nc(-n2cccn2)n1. The first-order chi connectivity index (χ1) is 9.22. The fourth-order valence-corrected chi connectivity index (χ4v) is 1.33. The number of nitrogen functional groups attached to an aromatic ring is 1. The molecule has 9 heteroatoms. The average Bonchev–Trinajstić information content (AvgIpc) is 2.98. The highest BCUT2D eigenvalue weighted by Crippen LogP contribution is 2.08. The second-order valence-electron chi connectivity index (χ2n) is 4.05. The van der Waals surface area contributed by atoms with Gasteiger partial charge < -0.3 is 10.4 Å². The van der Waals surface area contributed by atoms with E-state index >= 15 is 0 Å². The van der Waals surface area contributed by atoms with E-state index in [1.807, 2.05) is 6.92 Å². The molecule has 0 saturated heterocycles. The van der Waals surface area contributed by atoms with Gasteiger partial charge >= 0.3 is 0 Å². The van der Waals surface area contributed by atoms with Gasteiger partial charge in [0.05, 0.1) is 0 Å². The molecule has 0 bridgehead atoms. The Labute approximate surface area is 109 Å². The molecule has 0 aromatic carbocycles. The lowest BCUT2D eigenvalue weighted by Crippen LogP contribution is -2.19. The molecule has 5 N–H and O–H groups in total. The summed E-state index contributed by atoms with van der Waals surface area (Å²) in [6.45, 7) is 2.54. The Morgan fingerprint density at radius 2 is 2.16 bits per heavy atom. The van der Waals surface area contributed by atoms with Crippen LogP contribution in [0.5, 0.6) is 0 Å². The molecule has 0 amide bonds. The van der Waals surface area contributed by atoms with Crippen LogP contribution in [0.4, 0.5) is 11.9 Å². The van der Waals surface area contributed by atoms with E-state index in [0.717, 1.165) is 0 Å². The normalized spacial score (nSPS) is 12.2. The lowest BCUT2D eigenvalue weighted by atomic mass is 10.2. The highest BCUT2D eigenvalue weighted by molar-refractivity contribution is 5.36. The highest BCUT2D eigenvalue weighted by atomic mass is 16.3. The molecule has 0 radical (unpaired) electrons. The molecule has 2 aromatic heterocycles. The standard InChI is InChI=1S/C10H16N8O/c1-7(6-19)5-12-8-14-9(17-11)16-10(15-8)18-4-2-3-13-18/h2-4,7,19H,5-6,11H2,1H3,(H2,12,14,15,16,17). The lowest BCUT2D eigenvalue weighted by molar-refractivity contribution is 0.244. The maximum atomic E-state index is 8.98. The fraction of sp³-hybridized carbons (Fsp3) is 0.400. The molecule has 1 unspecified atom stereocenters. The Hall–Kier alpha value is -2.26. The molecule has 2 heterocycles. The summed E-state index contributed by atoms with van der Waals surface area (Å²) in [5.41, 5.74) is 2.38. The number of rotatable bonds is 6. The van der Waals surface area contributed by atoms with Crippen molar-refractivity contribution in [2.45, 2.75) is 6.92 Å². The number of hydrogen-bond acceptors (Lipinski definition) is 8. The maximum absolute atomic E-state index is 8.98. The fourth-order valence-electron chi connectivity index (χ4n) is 1.33. The maximum Gasteiger partial charge on any atom is 0.257 e. The number of hydrazine groups is 1. The van der Waals surface area contributed by atoms with E-state index in [4.69, 9.17) is 10.9 Å². The van der Waals surface area contributed by atoms with Crippen LogP contribution in [0.25, 0.3) is 5.95 Å². The summed E-state index contributed by atoms with van der Waals surface area (Å²) in [6, 6.07) is 1.76. The summed E-state index contributed by atoms with van der Waals surface area (Å²) in [5, 5.41) is 16.0. The number of nitrogens with zero attached hydrogens (tertiary/aromatic N) is 5. The third-order valence-electron chi connectivity index (χ3n) is 2.38. The molecule has 0 aliphatic carbocycles. The van der Waals surface area contributed by atoms with Crippen molar-refractivity contribution in [3.63, 3.8) is 0 Å². The quantitative estimate of drug-likeness (QED) is 0.402. The van der Waals surface area contributed by atoms with E-state index in [1.54, 1.807) is 18.5 Å². The number of aliphatic hydroxyl groups excluding tert-OH is 1. The third kappa shape index (κ3) is 3.36. The molecule has 9 nitrogen and oxygen atoms in total. The van der Waals surface area contributed by atoms with Crippen molar-refractivity contribution in [3.05, 3.63) is 18.5 Å². The van der Waals surface area contributed by atoms with Crippen molar-refractivity contribution in [2.24, 2.45) is 11.8 Å². The second kappa shape index (κ2) is 6.07. The van der Waals surface area contributed by atoms with E-state index in [9.17, 15) is 0 Å². The van der Waals surface area contributed by atoms with E-state index < -0.39 is 0 Å². The molecule has 2 aromatic rings. The van der Waals surface area contributed by atoms with E-state index in [2.05, 4.69) is 30.8 Å². The Balaban J connectivity index is 2.21. The smallest absolute Gasteiger partial charge is 0.257 e. The van der Waals surface area contributed by atoms with Crippen LogP contribution in [0.3, 0.4) is 0 Å².